The third-order valence-corrected chi connectivity index (χ3v) is 4.77. The molecule has 2 amide bonds. The predicted octanol–water partition coefficient (Wildman–Crippen LogP) is 4.50. The number of carbonyl (C=O) groups is 2. The molecule has 0 aliphatic carbocycles. The first-order valence-corrected chi connectivity index (χ1v) is 9.24. The summed E-state index contributed by atoms with van der Waals surface area (Å²) in [5.74, 6) is -0.142. The lowest BCUT2D eigenvalue weighted by atomic mass is 10.1. The van der Waals surface area contributed by atoms with E-state index in [9.17, 15) is 22.8 Å². The van der Waals surface area contributed by atoms with Gasteiger partial charge in [0.2, 0.25) is 11.8 Å². The maximum Gasteiger partial charge on any atom is 0.416 e. The van der Waals surface area contributed by atoms with Crippen LogP contribution in [0.2, 0.25) is 0 Å². The Morgan fingerprint density at radius 1 is 1.10 bits per heavy atom. The molecule has 1 fully saturated rings. The molecule has 2 aromatic rings. The number of nitrogens with zero attached hydrogens (tertiary/aromatic N) is 2. The minimum absolute atomic E-state index is 0.119. The largest absolute Gasteiger partial charge is 0.416 e. The normalized spacial score (nSPS) is 14.6. The van der Waals surface area contributed by atoms with E-state index in [0.717, 1.165) is 36.3 Å². The van der Waals surface area contributed by atoms with Crippen LogP contribution in [0.15, 0.2) is 54.6 Å². The molecule has 152 valence electrons. The van der Waals surface area contributed by atoms with Crippen LogP contribution < -0.4 is 4.90 Å². The van der Waals surface area contributed by atoms with Crippen LogP contribution in [0.1, 0.15) is 29.5 Å². The second kappa shape index (κ2) is 8.51. The number of rotatable bonds is 5. The van der Waals surface area contributed by atoms with Crippen molar-refractivity contribution >= 4 is 23.6 Å². The fourth-order valence-corrected chi connectivity index (χ4v) is 3.13. The Bertz CT molecular complexity index is 903. The van der Waals surface area contributed by atoms with Crippen molar-refractivity contribution in [2.24, 2.45) is 0 Å². The molecule has 0 bridgehead atoms. The summed E-state index contributed by atoms with van der Waals surface area (Å²) in [6, 6.07) is 12.1. The molecule has 0 spiro atoms. The number of alkyl halides is 3. The van der Waals surface area contributed by atoms with Gasteiger partial charge in [-0.15, -0.1) is 0 Å². The summed E-state index contributed by atoms with van der Waals surface area (Å²) >= 11 is 0. The number of carbonyl (C=O) groups excluding carboxylic acids is 2. The topological polar surface area (TPSA) is 40.6 Å². The van der Waals surface area contributed by atoms with Crippen molar-refractivity contribution in [3.63, 3.8) is 0 Å². The smallest absolute Gasteiger partial charge is 0.338 e. The molecular weight excluding hydrogens is 381 g/mol. The molecule has 1 saturated heterocycles. The molecule has 2 aromatic carbocycles. The van der Waals surface area contributed by atoms with Gasteiger partial charge in [0, 0.05) is 38.3 Å². The van der Waals surface area contributed by atoms with Crippen molar-refractivity contribution in [2.75, 3.05) is 18.5 Å². The Kier molecular flexibility index (Phi) is 6.06. The Hall–Kier alpha value is -3.09. The van der Waals surface area contributed by atoms with E-state index in [2.05, 4.69) is 0 Å². The van der Waals surface area contributed by atoms with Crippen molar-refractivity contribution < 1.29 is 22.8 Å². The average molecular weight is 402 g/mol. The summed E-state index contributed by atoms with van der Waals surface area (Å²) < 4.78 is 37.8. The van der Waals surface area contributed by atoms with E-state index in [-0.39, 0.29) is 18.4 Å². The summed E-state index contributed by atoms with van der Waals surface area (Å²) in [6.07, 6.45) is 0.142. The van der Waals surface area contributed by atoms with Crippen molar-refractivity contribution in [2.45, 2.75) is 25.6 Å². The van der Waals surface area contributed by atoms with E-state index in [1.165, 1.54) is 23.1 Å². The standard InChI is InChI=1S/C22H21F3N2O2/c1-26(15-17-4-9-18(10-5-17)22(23,24)25)20(28)13-8-16-6-11-19(12-7-16)27-14-2-3-21(27)29/h4-13H,2-3,14-15H2,1H3/b13-8+. The van der Waals surface area contributed by atoms with Crippen LogP contribution >= 0.6 is 0 Å². The van der Waals surface area contributed by atoms with Crippen molar-refractivity contribution in [3.05, 3.63) is 71.3 Å². The number of hydrogen-bond acceptors (Lipinski definition) is 2. The molecule has 0 radical (unpaired) electrons. The molecule has 7 heteroatoms. The van der Waals surface area contributed by atoms with Gasteiger partial charge in [-0.05, 0) is 47.9 Å². The lowest BCUT2D eigenvalue weighted by Gasteiger charge is -2.16. The number of halogens is 3. The van der Waals surface area contributed by atoms with Gasteiger partial charge in [-0.2, -0.15) is 13.2 Å². The van der Waals surface area contributed by atoms with Gasteiger partial charge in [-0.3, -0.25) is 9.59 Å². The monoisotopic (exact) mass is 402 g/mol. The Balaban J connectivity index is 1.57. The zero-order valence-corrected chi connectivity index (χ0v) is 15.9. The van der Waals surface area contributed by atoms with E-state index in [0.29, 0.717) is 12.0 Å². The lowest BCUT2D eigenvalue weighted by Crippen LogP contribution is -2.24. The molecule has 1 heterocycles. The zero-order chi connectivity index (χ0) is 21.0. The third kappa shape index (κ3) is 5.25. The second-order valence-corrected chi connectivity index (χ2v) is 6.96. The van der Waals surface area contributed by atoms with Crippen LogP contribution in [-0.2, 0) is 22.3 Å². The summed E-state index contributed by atoms with van der Waals surface area (Å²) in [7, 11) is 1.59. The highest BCUT2D eigenvalue weighted by atomic mass is 19.4. The molecule has 0 aromatic heterocycles. The molecule has 0 saturated carbocycles. The number of amides is 2. The van der Waals surface area contributed by atoms with Gasteiger partial charge in [0.05, 0.1) is 5.56 Å². The number of benzene rings is 2. The average Bonchev–Trinajstić information content (AvgIpc) is 3.12. The van der Waals surface area contributed by atoms with Crippen molar-refractivity contribution in [1.29, 1.82) is 0 Å². The van der Waals surface area contributed by atoms with Gasteiger partial charge in [0.25, 0.3) is 0 Å². The molecule has 29 heavy (non-hydrogen) atoms. The second-order valence-electron chi connectivity index (χ2n) is 6.96. The quantitative estimate of drug-likeness (QED) is 0.691. The molecule has 4 nitrogen and oxygen atoms in total. The van der Waals surface area contributed by atoms with Gasteiger partial charge in [0.1, 0.15) is 0 Å². The lowest BCUT2D eigenvalue weighted by molar-refractivity contribution is -0.137. The highest BCUT2D eigenvalue weighted by Crippen LogP contribution is 2.29. The minimum Gasteiger partial charge on any atom is -0.338 e. The minimum atomic E-state index is -4.37. The first kappa shape index (κ1) is 20.6. The van der Waals surface area contributed by atoms with E-state index < -0.39 is 11.7 Å². The molecule has 0 unspecified atom stereocenters. The summed E-state index contributed by atoms with van der Waals surface area (Å²) in [5, 5.41) is 0. The van der Waals surface area contributed by atoms with Crippen LogP contribution in [0.4, 0.5) is 18.9 Å². The number of anilines is 1. The highest BCUT2D eigenvalue weighted by molar-refractivity contribution is 5.95. The van der Waals surface area contributed by atoms with E-state index in [1.54, 1.807) is 18.0 Å². The van der Waals surface area contributed by atoms with E-state index in [1.807, 2.05) is 24.3 Å². The SMILES string of the molecule is CN(Cc1ccc(C(F)(F)F)cc1)C(=O)/C=C/c1ccc(N2CCCC2=O)cc1. The Morgan fingerprint density at radius 3 is 2.31 bits per heavy atom. The van der Waals surface area contributed by atoms with E-state index >= 15 is 0 Å². The van der Waals surface area contributed by atoms with Crippen molar-refractivity contribution in [1.82, 2.24) is 4.90 Å². The van der Waals surface area contributed by atoms with Crippen molar-refractivity contribution in [3.8, 4) is 0 Å². The Morgan fingerprint density at radius 2 is 1.76 bits per heavy atom. The third-order valence-electron chi connectivity index (χ3n) is 4.77. The van der Waals surface area contributed by atoms with Crippen LogP contribution in [-0.4, -0.2) is 30.3 Å². The zero-order valence-electron chi connectivity index (χ0n) is 15.9. The molecule has 0 atom stereocenters. The Labute approximate surface area is 167 Å². The molecule has 1 aliphatic heterocycles. The van der Waals surface area contributed by atoms with Gasteiger partial charge < -0.3 is 9.80 Å². The fourth-order valence-electron chi connectivity index (χ4n) is 3.13. The number of likely N-dealkylation sites (N-methyl/N-ethyl adjacent to an activating group) is 1. The van der Waals surface area contributed by atoms with Crippen LogP contribution in [0.3, 0.4) is 0 Å². The van der Waals surface area contributed by atoms with Gasteiger partial charge >= 0.3 is 6.18 Å². The molecular formula is C22H21F3N2O2. The molecule has 0 N–H and O–H groups in total. The van der Waals surface area contributed by atoms with Crippen LogP contribution in [0.25, 0.3) is 6.08 Å². The van der Waals surface area contributed by atoms with E-state index in [4.69, 9.17) is 0 Å². The van der Waals surface area contributed by atoms with Gasteiger partial charge in [0.15, 0.2) is 0 Å². The summed E-state index contributed by atoms with van der Waals surface area (Å²) in [4.78, 5) is 27.2. The van der Waals surface area contributed by atoms with Crippen LogP contribution in [0.5, 0.6) is 0 Å². The predicted molar refractivity (Wildman–Crippen MR) is 105 cm³/mol. The fraction of sp³-hybridized carbons (Fsp3) is 0.273. The number of hydrogen-bond donors (Lipinski definition) is 0. The maximum absolute atomic E-state index is 12.6. The maximum atomic E-state index is 12.6. The van der Waals surface area contributed by atoms with Crippen LogP contribution in [0, 0.1) is 0 Å². The molecule has 3 rings (SSSR count). The van der Waals surface area contributed by atoms with Gasteiger partial charge in [-0.1, -0.05) is 24.3 Å². The van der Waals surface area contributed by atoms with Gasteiger partial charge in [-0.25, -0.2) is 0 Å². The summed E-state index contributed by atoms with van der Waals surface area (Å²) in [5.41, 5.74) is 1.56. The first-order chi connectivity index (χ1) is 13.7. The molecule has 1 aliphatic rings. The highest BCUT2D eigenvalue weighted by Gasteiger charge is 2.30. The summed E-state index contributed by atoms with van der Waals surface area (Å²) in [6.45, 7) is 0.929. The first-order valence-electron chi connectivity index (χ1n) is 9.24.